The van der Waals surface area contributed by atoms with E-state index in [1.165, 1.54) is 27.7 Å². The molecular weight excluding hydrogens is 286 g/mol. The third kappa shape index (κ3) is 3.22. The van der Waals surface area contributed by atoms with Crippen molar-refractivity contribution in [3.63, 3.8) is 0 Å². The van der Waals surface area contributed by atoms with Gasteiger partial charge < -0.3 is 10.2 Å². The molecule has 3 nitrogen and oxygen atoms in total. The van der Waals surface area contributed by atoms with E-state index in [1.54, 1.807) is 0 Å². The molecule has 1 aliphatic carbocycles. The summed E-state index contributed by atoms with van der Waals surface area (Å²) in [6.45, 7) is 6.36. The van der Waals surface area contributed by atoms with Gasteiger partial charge >= 0.3 is 0 Å². The van der Waals surface area contributed by atoms with Crippen LogP contribution in [0.5, 0.6) is 0 Å². The lowest BCUT2D eigenvalue weighted by molar-refractivity contribution is 0.606. The first-order chi connectivity index (χ1) is 9.78. The van der Waals surface area contributed by atoms with Gasteiger partial charge in [-0.15, -0.1) is 22.7 Å². The van der Waals surface area contributed by atoms with Crippen molar-refractivity contribution < 1.29 is 0 Å². The molecule has 3 rings (SSSR count). The largest absolute Gasteiger partial charge is 0.340 e. The highest BCUT2D eigenvalue weighted by Crippen LogP contribution is 2.37. The summed E-state index contributed by atoms with van der Waals surface area (Å²) in [5.74, 6) is 0. The van der Waals surface area contributed by atoms with E-state index in [-0.39, 0.29) is 0 Å². The number of nitrogens with one attached hydrogen (secondary N) is 1. The van der Waals surface area contributed by atoms with Crippen LogP contribution in [-0.2, 0) is 6.54 Å². The molecule has 1 fully saturated rings. The second kappa shape index (κ2) is 6.24. The van der Waals surface area contributed by atoms with Crippen LogP contribution < -0.4 is 10.2 Å². The first-order valence-corrected chi connectivity index (χ1v) is 8.95. The van der Waals surface area contributed by atoms with Gasteiger partial charge in [0.15, 0.2) is 5.13 Å². The minimum Gasteiger partial charge on any atom is -0.340 e. The van der Waals surface area contributed by atoms with Crippen LogP contribution in [0, 0.1) is 0 Å². The van der Waals surface area contributed by atoms with Gasteiger partial charge in [0, 0.05) is 28.0 Å². The number of nitrogens with zero attached hydrogens (tertiary/aromatic N) is 2. The third-order valence-corrected chi connectivity index (χ3v) is 5.67. The molecule has 1 saturated carbocycles. The molecule has 1 unspecified atom stereocenters. The molecular formula is C15H21N3S2. The summed E-state index contributed by atoms with van der Waals surface area (Å²) in [5, 5.41) is 6.79. The van der Waals surface area contributed by atoms with Crippen molar-refractivity contribution >= 4 is 27.8 Å². The Labute approximate surface area is 128 Å². The lowest BCUT2D eigenvalue weighted by Crippen LogP contribution is -2.24. The van der Waals surface area contributed by atoms with Gasteiger partial charge in [0.05, 0.1) is 6.54 Å². The molecule has 0 aliphatic heterocycles. The standard InChI is InChI=1S/C15H21N3S2/c1-3-16-11(2)14-9-17-15(20-14)18(12-6-7-12)10-13-5-4-8-19-13/h4-5,8-9,11-12,16H,3,6-7,10H2,1-2H3. The Bertz CT molecular complexity index is 531. The fourth-order valence-corrected chi connectivity index (χ4v) is 4.04. The van der Waals surface area contributed by atoms with Crippen LogP contribution in [-0.4, -0.2) is 17.6 Å². The van der Waals surface area contributed by atoms with Gasteiger partial charge in [0.25, 0.3) is 0 Å². The smallest absolute Gasteiger partial charge is 0.186 e. The Kier molecular flexibility index (Phi) is 4.38. The molecule has 2 aromatic rings. The average Bonchev–Trinajstić information content (AvgIpc) is 2.95. The van der Waals surface area contributed by atoms with Gasteiger partial charge in [-0.05, 0) is 37.8 Å². The fourth-order valence-electron chi connectivity index (χ4n) is 2.33. The Morgan fingerprint density at radius 2 is 2.35 bits per heavy atom. The van der Waals surface area contributed by atoms with Crippen LogP contribution in [0.3, 0.4) is 0 Å². The van der Waals surface area contributed by atoms with Crippen molar-refractivity contribution in [3.05, 3.63) is 33.5 Å². The Hall–Kier alpha value is -0.910. The second-order valence-electron chi connectivity index (χ2n) is 5.26. The predicted octanol–water partition coefficient (Wildman–Crippen LogP) is 4.04. The van der Waals surface area contributed by atoms with Gasteiger partial charge in [-0.25, -0.2) is 4.98 Å². The lowest BCUT2D eigenvalue weighted by atomic mass is 10.3. The first-order valence-electron chi connectivity index (χ1n) is 7.26. The number of hydrogen-bond acceptors (Lipinski definition) is 5. The maximum atomic E-state index is 4.67. The molecule has 5 heteroatoms. The van der Waals surface area contributed by atoms with Gasteiger partial charge in [-0.3, -0.25) is 0 Å². The highest BCUT2D eigenvalue weighted by atomic mass is 32.1. The Balaban J connectivity index is 1.74. The van der Waals surface area contributed by atoms with Gasteiger partial charge in [-0.2, -0.15) is 0 Å². The minimum atomic E-state index is 0.397. The molecule has 108 valence electrons. The van der Waals surface area contributed by atoms with E-state index >= 15 is 0 Å². The van der Waals surface area contributed by atoms with Crippen LogP contribution in [0.4, 0.5) is 5.13 Å². The van der Waals surface area contributed by atoms with Crippen molar-refractivity contribution in [1.82, 2.24) is 10.3 Å². The summed E-state index contributed by atoms with van der Waals surface area (Å²) < 4.78 is 0. The molecule has 0 aromatic carbocycles. The monoisotopic (exact) mass is 307 g/mol. The summed E-state index contributed by atoms with van der Waals surface area (Å²) in [7, 11) is 0. The van der Waals surface area contributed by atoms with E-state index < -0.39 is 0 Å². The zero-order chi connectivity index (χ0) is 13.9. The maximum Gasteiger partial charge on any atom is 0.186 e. The molecule has 0 amide bonds. The van der Waals surface area contributed by atoms with Crippen molar-refractivity contribution in [2.45, 2.75) is 45.3 Å². The van der Waals surface area contributed by atoms with E-state index in [1.807, 2.05) is 28.9 Å². The van der Waals surface area contributed by atoms with Crippen LogP contribution in [0.25, 0.3) is 0 Å². The van der Waals surface area contributed by atoms with Crippen LogP contribution in [0.15, 0.2) is 23.7 Å². The zero-order valence-electron chi connectivity index (χ0n) is 12.0. The van der Waals surface area contributed by atoms with E-state index in [2.05, 4.69) is 46.6 Å². The summed E-state index contributed by atoms with van der Waals surface area (Å²) >= 11 is 3.67. The molecule has 20 heavy (non-hydrogen) atoms. The molecule has 2 aromatic heterocycles. The highest BCUT2D eigenvalue weighted by Gasteiger charge is 2.31. The number of hydrogen-bond donors (Lipinski definition) is 1. The van der Waals surface area contributed by atoms with Crippen molar-refractivity contribution in [2.75, 3.05) is 11.4 Å². The molecule has 1 atom stereocenters. The Morgan fingerprint density at radius 3 is 3.00 bits per heavy atom. The summed E-state index contributed by atoms with van der Waals surface area (Å²) in [5.41, 5.74) is 0. The summed E-state index contributed by atoms with van der Waals surface area (Å²) in [4.78, 5) is 9.91. The Morgan fingerprint density at radius 1 is 1.50 bits per heavy atom. The number of aromatic nitrogens is 1. The predicted molar refractivity (Wildman–Crippen MR) is 87.7 cm³/mol. The molecule has 0 radical (unpaired) electrons. The van der Waals surface area contributed by atoms with Crippen molar-refractivity contribution in [3.8, 4) is 0 Å². The van der Waals surface area contributed by atoms with E-state index in [9.17, 15) is 0 Å². The van der Waals surface area contributed by atoms with Gasteiger partial charge in [0.2, 0.25) is 0 Å². The average molecular weight is 307 g/mol. The highest BCUT2D eigenvalue weighted by molar-refractivity contribution is 7.15. The van der Waals surface area contributed by atoms with Crippen molar-refractivity contribution in [2.24, 2.45) is 0 Å². The lowest BCUT2D eigenvalue weighted by Gasteiger charge is -2.20. The van der Waals surface area contributed by atoms with Crippen LogP contribution >= 0.6 is 22.7 Å². The van der Waals surface area contributed by atoms with Crippen molar-refractivity contribution in [1.29, 1.82) is 0 Å². The SMILES string of the molecule is CCNC(C)c1cnc(N(Cc2cccs2)C2CC2)s1. The van der Waals surface area contributed by atoms with Gasteiger partial charge in [-0.1, -0.05) is 13.0 Å². The molecule has 2 heterocycles. The number of thiazole rings is 1. The summed E-state index contributed by atoms with van der Waals surface area (Å²) in [6, 6.07) is 5.45. The summed E-state index contributed by atoms with van der Waals surface area (Å²) in [6.07, 6.45) is 4.66. The van der Waals surface area contributed by atoms with Crippen LogP contribution in [0.1, 0.15) is 42.5 Å². The molecule has 0 spiro atoms. The molecule has 1 aliphatic rings. The molecule has 0 saturated heterocycles. The fraction of sp³-hybridized carbons (Fsp3) is 0.533. The zero-order valence-corrected chi connectivity index (χ0v) is 13.6. The second-order valence-corrected chi connectivity index (χ2v) is 7.34. The van der Waals surface area contributed by atoms with Gasteiger partial charge in [0.1, 0.15) is 0 Å². The molecule has 0 bridgehead atoms. The quantitative estimate of drug-likeness (QED) is 0.836. The van der Waals surface area contributed by atoms with Crippen LogP contribution in [0.2, 0.25) is 0 Å². The molecule has 1 N–H and O–H groups in total. The normalized spacial score (nSPS) is 16.3. The first kappa shape index (κ1) is 14.0. The van der Waals surface area contributed by atoms with E-state index in [0.29, 0.717) is 12.1 Å². The number of rotatable bonds is 7. The van der Waals surface area contributed by atoms with E-state index in [4.69, 9.17) is 0 Å². The number of anilines is 1. The maximum absolute atomic E-state index is 4.67. The third-order valence-electron chi connectivity index (χ3n) is 3.59. The number of thiophene rings is 1. The topological polar surface area (TPSA) is 28.2 Å². The minimum absolute atomic E-state index is 0.397. The van der Waals surface area contributed by atoms with E-state index in [0.717, 1.165) is 13.1 Å².